The number of rotatable bonds is 11. The van der Waals surface area contributed by atoms with Gasteiger partial charge in [-0.2, -0.15) is 0 Å². The zero-order valence-electron chi connectivity index (χ0n) is 19.7. The van der Waals surface area contributed by atoms with Gasteiger partial charge in [-0.3, -0.25) is 19.3 Å². The lowest BCUT2D eigenvalue weighted by Crippen LogP contribution is -2.52. The third-order valence-electron chi connectivity index (χ3n) is 5.74. The Morgan fingerprint density at radius 1 is 1.21 bits per heavy atom. The number of hydrogen-bond acceptors (Lipinski definition) is 6. The normalized spacial score (nSPS) is 13.8. The second-order valence-electron chi connectivity index (χ2n) is 7.87. The molecule has 2 amide bonds. The van der Waals surface area contributed by atoms with E-state index in [2.05, 4.69) is 24.1 Å². The first-order valence-electron chi connectivity index (χ1n) is 11.3. The number of ketones is 1. The van der Waals surface area contributed by atoms with Crippen molar-refractivity contribution in [3.63, 3.8) is 0 Å². The summed E-state index contributed by atoms with van der Waals surface area (Å²) < 4.78 is 11.1. The van der Waals surface area contributed by atoms with Crippen molar-refractivity contribution in [3.8, 4) is 11.5 Å². The van der Waals surface area contributed by atoms with Gasteiger partial charge in [0.1, 0.15) is 17.5 Å². The lowest BCUT2D eigenvalue weighted by molar-refractivity contribution is -0.127. The van der Waals surface area contributed by atoms with E-state index in [0.717, 1.165) is 19.6 Å². The van der Waals surface area contributed by atoms with Gasteiger partial charge in [0.25, 0.3) is 5.91 Å². The van der Waals surface area contributed by atoms with E-state index in [-0.39, 0.29) is 30.8 Å². The van der Waals surface area contributed by atoms with Crippen LogP contribution in [0.25, 0.3) is 0 Å². The van der Waals surface area contributed by atoms with Crippen LogP contribution < -0.4 is 19.7 Å². The number of halogens is 1. The highest BCUT2D eigenvalue weighted by atomic mass is 35.5. The first-order chi connectivity index (χ1) is 16.3. The van der Waals surface area contributed by atoms with Crippen molar-refractivity contribution in [2.75, 3.05) is 44.3 Å². The van der Waals surface area contributed by atoms with Crippen LogP contribution in [0.4, 0.5) is 5.69 Å². The molecule has 1 aliphatic heterocycles. The van der Waals surface area contributed by atoms with Crippen LogP contribution in [-0.2, 0) is 9.59 Å². The fraction of sp³-hybridized carbons (Fsp3) is 0.400. The Morgan fingerprint density at radius 3 is 2.65 bits per heavy atom. The van der Waals surface area contributed by atoms with Crippen LogP contribution in [0, 0.1) is 0 Å². The van der Waals surface area contributed by atoms with Crippen molar-refractivity contribution in [1.29, 1.82) is 0 Å². The van der Waals surface area contributed by atoms with Gasteiger partial charge in [-0.05, 0) is 50.3 Å². The Bertz CT molecular complexity index is 1040. The first kappa shape index (κ1) is 25.5. The molecule has 182 valence electrons. The number of likely N-dealkylation sites (N-methyl/N-ethyl adjacent to an activating group) is 1. The number of Topliss-reactive ketones (excluding diaryl/α,β-unsaturated/α-hetero) is 1. The minimum atomic E-state index is -0.767. The van der Waals surface area contributed by atoms with Gasteiger partial charge in [0.15, 0.2) is 19.0 Å². The zero-order chi connectivity index (χ0) is 24.7. The highest BCUT2D eigenvalue weighted by Gasteiger charge is 2.33. The van der Waals surface area contributed by atoms with Crippen LogP contribution in [-0.4, -0.2) is 67.9 Å². The molecule has 0 bridgehead atoms. The fourth-order valence-corrected chi connectivity index (χ4v) is 3.89. The molecule has 9 heteroatoms. The summed E-state index contributed by atoms with van der Waals surface area (Å²) in [6, 6.07) is 10.9. The Hall–Kier alpha value is -3.10. The number of benzene rings is 2. The minimum Gasteiger partial charge on any atom is -0.484 e. The lowest BCUT2D eigenvalue weighted by atomic mass is 10.1. The maximum atomic E-state index is 12.8. The highest BCUT2D eigenvalue weighted by molar-refractivity contribution is 6.32. The van der Waals surface area contributed by atoms with Crippen molar-refractivity contribution < 1.29 is 23.9 Å². The molecule has 1 heterocycles. The molecule has 3 rings (SSSR count). The number of carbonyl (C=O) groups excluding carboxylic acids is 3. The smallest absolute Gasteiger partial charge is 0.265 e. The molecule has 0 aromatic heterocycles. The number of anilines is 1. The SMILES string of the molecule is CCN(CC)CCNC(=O)[C@H](C)N1C(=O)COc2ccc(C(=O)COc3ccccc3Cl)cc21. The number of amides is 2. The average Bonchev–Trinajstić information content (AvgIpc) is 2.85. The zero-order valence-corrected chi connectivity index (χ0v) is 20.4. The molecule has 1 N–H and O–H groups in total. The third-order valence-corrected chi connectivity index (χ3v) is 6.06. The maximum absolute atomic E-state index is 12.8. The summed E-state index contributed by atoms with van der Waals surface area (Å²) in [4.78, 5) is 41.9. The van der Waals surface area contributed by atoms with Crippen LogP contribution in [0.2, 0.25) is 5.02 Å². The summed E-state index contributed by atoms with van der Waals surface area (Å²) >= 11 is 6.08. The van der Waals surface area contributed by atoms with E-state index in [0.29, 0.717) is 34.3 Å². The summed E-state index contributed by atoms with van der Waals surface area (Å²) in [6.07, 6.45) is 0. The summed E-state index contributed by atoms with van der Waals surface area (Å²) in [5.74, 6) is -0.0726. The molecule has 0 saturated carbocycles. The van der Waals surface area contributed by atoms with Crippen molar-refractivity contribution in [1.82, 2.24) is 10.2 Å². The minimum absolute atomic E-state index is 0.174. The van der Waals surface area contributed by atoms with Crippen LogP contribution in [0.5, 0.6) is 11.5 Å². The Labute approximate surface area is 204 Å². The fourth-order valence-electron chi connectivity index (χ4n) is 3.70. The topological polar surface area (TPSA) is 88.2 Å². The number of nitrogens with one attached hydrogen (secondary N) is 1. The largest absolute Gasteiger partial charge is 0.484 e. The van der Waals surface area contributed by atoms with Crippen LogP contribution >= 0.6 is 11.6 Å². The predicted molar refractivity (Wildman–Crippen MR) is 131 cm³/mol. The molecule has 0 spiro atoms. The number of para-hydroxylation sites is 1. The van der Waals surface area contributed by atoms with Crippen molar-refractivity contribution in [2.45, 2.75) is 26.8 Å². The third kappa shape index (κ3) is 6.07. The second-order valence-corrected chi connectivity index (χ2v) is 8.28. The molecule has 1 atom stereocenters. The summed E-state index contributed by atoms with van der Waals surface area (Å²) in [7, 11) is 0. The number of hydrogen-bond donors (Lipinski definition) is 1. The number of nitrogens with zero attached hydrogens (tertiary/aromatic N) is 2. The molecule has 0 radical (unpaired) electrons. The molecule has 8 nitrogen and oxygen atoms in total. The molecule has 0 fully saturated rings. The average molecular weight is 488 g/mol. The van der Waals surface area contributed by atoms with Crippen LogP contribution in [0.15, 0.2) is 42.5 Å². The van der Waals surface area contributed by atoms with E-state index in [1.54, 1.807) is 49.4 Å². The van der Waals surface area contributed by atoms with Gasteiger partial charge < -0.3 is 19.7 Å². The van der Waals surface area contributed by atoms with E-state index < -0.39 is 6.04 Å². The molecule has 0 aliphatic carbocycles. The van der Waals surface area contributed by atoms with E-state index in [1.165, 1.54) is 4.90 Å². The molecule has 2 aromatic carbocycles. The maximum Gasteiger partial charge on any atom is 0.265 e. The second kappa shape index (κ2) is 11.9. The standard InChI is InChI=1S/C25H30ClN3O5/c1-4-28(5-2)13-12-27-25(32)17(3)29-20-14-18(10-11-23(20)34-16-24(29)31)21(30)15-33-22-9-7-6-8-19(22)26/h6-11,14,17H,4-5,12-13,15-16H2,1-3H3,(H,27,32)/t17-/m0/s1. The lowest BCUT2D eigenvalue weighted by Gasteiger charge is -2.33. The van der Waals surface area contributed by atoms with Crippen LogP contribution in [0.3, 0.4) is 0 Å². The van der Waals surface area contributed by atoms with Gasteiger partial charge in [-0.1, -0.05) is 37.6 Å². The van der Waals surface area contributed by atoms with Gasteiger partial charge >= 0.3 is 0 Å². The van der Waals surface area contributed by atoms with Gasteiger partial charge in [0.05, 0.1) is 10.7 Å². The Morgan fingerprint density at radius 2 is 1.94 bits per heavy atom. The van der Waals surface area contributed by atoms with E-state index in [9.17, 15) is 14.4 Å². The molecule has 1 aliphatic rings. The first-order valence-corrected chi connectivity index (χ1v) is 11.7. The van der Waals surface area contributed by atoms with Crippen molar-refractivity contribution in [2.24, 2.45) is 0 Å². The number of fused-ring (bicyclic) bond motifs is 1. The monoisotopic (exact) mass is 487 g/mol. The molecule has 0 unspecified atom stereocenters. The summed E-state index contributed by atoms with van der Waals surface area (Å²) in [5.41, 5.74) is 0.717. The molecule has 0 saturated heterocycles. The summed E-state index contributed by atoms with van der Waals surface area (Å²) in [6.45, 7) is 8.39. The van der Waals surface area contributed by atoms with E-state index in [4.69, 9.17) is 21.1 Å². The molecule has 34 heavy (non-hydrogen) atoms. The van der Waals surface area contributed by atoms with Gasteiger partial charge in [-0.25, -0.2) is 0 Å². The van der Waals surface area contributed by atoms with Crippen molar-refractivity contribution >= 4 is 34.9 Å². The van der Waals surface area contributed by atoms with Crippen molar-refractivity contribution in [3.05, 3.63) is 53.1 Å². The summed E-state index contributed by atoms with van der Waals surface area (Å²) in [5, 5.41) is 3.31. The van der Waals surface area contributed by atoms with Gasteiger partial charge in [0.2, 0.25) is 5.91 Å². The number of carbonyl (C=O) groups is 3. The van der Waals surface area contributed by atoms with Gasteiger partial charge in [0, 0.05) is 18.7 Å². The van der Waals surface area contributed by atoms with Gasteiger partial charge in [-0.15, -0.1) is 0 Å². The Kier molecular flexibility index (Phi) is 8.90. The quantitative estimate of drug-likeness (QED) is 0.490. The molecular weight excluding hydrogens is 458 g/mol. The molecule has 2 aromatic rings. The predicted octanol–water partition coefficient (Wildman–Crippen LogP) is 3.17. The van der Waals surface area contributed by atoms with E-state index >= 15 is 0 Å². The van der Waals surface area contributed by atoms with E-state index in [1.807, 2.05) is 0 Å². The van der Waals surface area contributed by atoms with Crippen LogP contribution in [0.1, 0.15) is 31.1 Å². The highest BCUT2D eigenvalue weighted by Crippen LogP contribution is 2.34. The Balaban J connectivity index is 1.72. The molecular formula is C25H30ClN3O5. The number of ether oxygens (including phenoxy) is 2.